The highest BCUT2D eigenvalue weighted by atomic mass is 16.5. The molecule has 3 rings (SSSR count). The Morgan fingerprint density at radius 1 is 1.03 bits per heavy atom. The van der Waals surface area contributed by atoms with Crippen LogP contribution in [0.3, 0.4) is 0 Å². The lowest BCUT2D eigenvalue weighted by atomic mass is 9.86. The van der Waals surface area contributed by atoms with Gasteiger partial charge in [-0.3, -0.25) is 0 Å². The zero-order valence-electron chi connectivity index (χ0n) is 20.7. The largest absolute Gasteiger partial charge is 0.455 e. The van der Waals surface area contributed by atoms with E-state index in [4.69, 9.17) is 4.74 Å². The Kier molecular flexibility index (Phi) is 7.81. The van der Waals surface area contributed by atoms with Gasteiger partial charge in [0.15, 0.2) is 5.75 Å². The Labute approximate surface area is 203 Å². The molecule has 3 aromatic carbocycles. The van der Waals surface area contributed by atoms with Gasteiger partial charge in [0.25, 0.3) is 0 Å². The average molecular weight is 452 g/mol. The first-order valence-corrected chi connectivity index (χ1v) is 11.4. The van der Waals surface area contributed by atoms with Crippen LogP contribution in [0.1, 0.15) is 38.8 Å². The second-order valence-electron chi connectivity index (χ2n) is 9.25. The van der Waals surface area contributed by atoms with Gasteiger partial charge in [-0.2, -0.15) is 5.26 Å². The minimum absolute atomic E-state index is 0.117. The van der Waals surface area contributed by atoms with E-state index < -0.39 is 0 Å². The van der Waals surface area contributed by atoms with E-state index in [9.17, 15) is 5.26 Å². The smallest absolute Gasteiger partial charge is 0.150 e. The first-order valence-electron chi connectivity index (χ1n) is 11.4. The Morgan fingerprint density at radius 3 is 2.38 bits per heavy atom. The molecule has 34 heavy (non-hydrogen) atoms. The standard InChI is InChI=1S/C30H33N3O/c1-7-28(22(3)30(4,5)6)34-29-17-14-23(26-11-9-8-10-24(26)19-31)18-27(29)33-20-32-25-15-12-21(2)13-16-25/h7-18,32-33H,3,20H2,1-2,4-6H3. The molecule has 0 saturated heterocycles. The molecule has 0 unspecified atom stereocenters. The maximum Gasteiger partial charge on any atom is 0.150 e. The number of nitrogens with zero attached hydrogens (tertiary/aromatic N) is 1. The van der Waals surface area contributed by atoms with Gasteiger partial charge in [-0.05, 0) is 72.4 Å². The number of allylic oxidation sites excluding steroid dienone is 2. The lowest BCUT2D eigenvalue weighted by Crippen LogP contribution is -2.15. The zero-order chi connectivity index (χ0) is 24.7. The maximum absolute atomic E-state index is 9.56. The number of ether oxygens (including phenoxy) is 1. The summed E-state index contributed by atoms with van der Waals surface area (Å²) in [4.78, 5) is 0. The van der Waals surface area contributed by atoms with Gasteiger partial charge in [0.1, 0.15) is 5.76 Å². The summed E-state index contributed by atoms with van der Waals surface area (Å²) >= 11 is 0. The number of nitrogens with one attached hydrogen (secondary N) is 2. The predicted octanol–water partition coefficient (Wildman–Crippen LogP) is 7.90. The van der Waals surface area contributed by atoms with Crippen LogP contribution in [0.25, 0.3) is 11.1 Å². The van der Waals surface area contributed by atoms with Gasteiger partial charge < -0.3 is 15.4 Å². The summed E-state index contributed by atoms with van der Waals surface area (Å²) in [5.41, 5.74) is 6.35. The van der Waals surface area contributed by atoms with E-state index in [1.165, 1.54) is 5.56 Å². The Morgan fingerprint density at radius 2 is 1.74 bits per heavy atom. The molecule has 0 aliphatic heterocycles. The first kappa shape index (κ1) is 24.7. The van der Waals surface area contributed by atoms with Gasteiger partial charge >= 0.3 is 0 Å². The summed E-state index contributed by atoms with van der Waals surface area (Å²) in [7, 11) is 0. The molecule has 0 fully saturated rings. The summed E-state index contributed by atoms with van der Waals surface area (Å²) in [6, 6.07) is 24.1. The van der Waals surface area contributed by atoms with Gasteiger partial charge in [-0.15, -0.1) is 0 Å². The summed E-state index contributed by atoms with van der Waals surface area (Å²) in [5.74, 6) is 1.44. The first-order chi connectivity index (χ1) is 16.2. The van der Waals surface area contributed by atoms with Gasteiger partial charge in [0, 0.05) is 5.69 Å². The van der Waals surface area contributed by atoms with Crippen molar-refractivity contribution in [3.63, 3.8) is 0 Å². The van der Waals surface area contributed by atoms with Crippen molar-refractivity contribution in [1.29, 1.82) is 5.26 Å². The highest BCUT2D eigenvalue weighted by Crippen LogP contribution is 2.36. The van der Waals surface area contributed by atoms with E-state index in [-0.39, 0.29) is 5.41 Å². The molecular weight excluding hydrogens is 418 g/mol. The van der Waals surface area contributed by atoms with Gasteiger partial charge in [-0.1, -0.05) is 69.3 Å². The topological polar surface area (TPSA) is 57.1 Å². The third-order valence-electron chi connectivity index (χ3n) is 5.65. The molecular formula is C30H33N3O. The number of anilines is 2. The minimum atomic E-state index is -0.117. The van der Waals surface area contributed by atoms with E-state index in [0.29, 0.717) is 18.0 Å². The number of hydrogen-bond donors (Lipinski definition) is 2. The van der Waals surface area contributed by atoms with Gasteiger partial charge in [0.05, 0.1) is 24.0 Å². The van der Waals surface area contributed by atoms with Crippen LogP contribution in [0.5, 0.6) is 5.75 Å². The summed E-state index contributed by atoms with van der Waals surface area (Å²) in [5, 5.41) is 16.4. The highest BCUT2D eigenvalue weighted by Gasteiger charge is 2.21. The molecule has 0 radical (unpaired) electrons. The molecule has 2 N–H and O–H groups in total. The normalized spacial score (nSPS) is 11.5. The van der Waals surface area contributed by atoms with Crippen LogP contribution in [0, 0.1) is 23.7 Å². The molecule has 174 valence electrons. The molecule has 0 spiro atoms. The quantitative estimate of drug-likeness (QED) is 0.208. The van der Waals surface area contributed by atoms with Crippen molar-refractivity contribution in [2.45, 2.75) is 34.6 Å². The fourth-order valence-corrected chi connectivity index (χ4v) is 3.45. The van der Waals surface area contributed by atoms with Crippen molar-refractivity contribution < 1.29 is 4.74 Å². The van der Waals surface area contributed by atoms with Crippen molar-refractivity contribution in [1.82, 2.24) is 0 Å². The van der Waals surface area contributed by atoms with E-state index >= 15 is 0 Å². The molecule has 0 aromatic heterocycles. The predicted molar refractivity (Wildman–Crippen MR) is 143 cm³/mol. The van der Waals surface area contributed by atoms with Crippen LogP contribution >= 0.6 is 0 Å². The number of nitriles is 1. The molecule has 4 heteroatoms. The Bertz CT molecular complexity index is 1230. The van der Waals surface area contributed by atoms with Crippen molar-refractivity contribution in [2.24, 2.45) is 5.41 Å². The second-order valence-corrected chi connectivity index (χ2v) is 9.25. The fourth-order valence-electron chi connectivity index (χ4n) is 3.45. The molecule has 0 atom stereocenters. The van der Waals surface area contributed by atoms with E-state index in [1.807, 2.05) is 55.5 Å². The van der Waals surface area contributed by atoms with Crippen LogP contribution in [0.2, 0.25) is 0 Å². The number of hydrogen-bond acceptors (Lipinski definition) is 4. The zero-order valence-corrected chi connectivity index (χ0v) is 20.7. The number of aryl methyl sites for hydroxylation is 1. The van der Waals surface area contributed by atoms with Crippen molar-refractivity contribution in [3.05, 3.63) is 102 Å². The minimum Gasteiger partial charge on any atom is -0.455 e. The van der Waals surface area contributed by atoms with Crippen LogP contribution in [0.15, 0.2) is 90.7 Å². The number of benzene rings is 3. The molecule has 0 aliphatic rings. The Balaban J connectivity index is 1.93. The number of rotatable bonds is 8. The monoisotopic (exact) mass is 451 g/mol. The van der Waals surface area contributed by atoms with E-state index in [2.05, 4.69) is 75.2 Å². The molecule has 0 amide bonds. The summed E-state index contributed by atoms with van der Waals surface area (Å²) in [6.45, 7) is 15.1. The van der Waals surface area contributed by atoms with Crippen molar-refractivity contribution in [3.8, 4) is 22.9 Å². The molecule has 0 bridgehead atoms. The summed E-state index contributed by atoms with van der Waals surface area (Å²) < 4.78 is 6.36. The average Bonchev–Trinajstić information content (AvgIpc) is 2.83. The van der Waals surface area contributed by atoms with Crippen molar-refractivity contribution in [2.75, 3.05) is 17.3 Å². The lowest BCUT2D eigenvalue weighted by molar-refractivity contribution is 0.392. The van der Waals surface area contributed by atoms with Crippen molar-refractivity contribution >= 4 is 11.4 Å². The van der Waals surface area contributed by atoms with Crippen LogP contribution in [-0.4, -0.2) is 6.67 Å². The SMILES string of the molecule is C=C(C(=CC)Oc1ccc(-c2ccccc2C#N)cc1NCNc1ccc(C)cc1)C(C)(C)C. The van der Waals surface area contributed by atoms with Crippen LogP contribution in [-0.2, 0) is 0 Å². The maximum atomic E-state index is 9.56. The van der Waals surface area contributed by atoms with Gasteiger partial charge in [0.2, 0.25) is 0 Å². The third-order valence-corrected chi connectivity index (χ3v) is 5.65. The highest BCUT2D eigenvalue weighted by molar-refractivity contribution is 5.76. The third kappa shape index (κ3) is 6.08. The van der Waals surface area contributed by atoms with Gasteiger partial charge in [-0.25, -0.2) is 0 Å². The van der Waals surface area contributed by atoms with Crippen LogP contribution < -0.4 is 15.4 Å². The van der Waals surface area contributed by atoms with E-state index in [0.717, 1.165) is 33.8 Å². The lowest BCUT2D eigenvalue weighted by Gasteiger charge is -2.25. The molecule has 0 saturated carbocycles. The van der Waals surface area contributed by atoms with Crippen LogP contribution in [0.4, 0.5) is 11.4 Å². The summed E-state index contributed by atoms with van der Waals surface area (Å²) in [6.07, 6.45) is 1.95. The van der Waals surface area contributed by atoms with E-state index in [1.54, 1.807) is 0 Å². The Hall–Kier alpha value is -3.97. The molecule has 0 aliphatic carbocycles. The second kappa shape index (κ2) is 10.8. The fraction of sp³-hybridized carbons (Fsp3) is 0.233. The molecule has 4 nitrogen and oxygen atoms in total. The molecule has 3 aromatic rings. The molecule has 0 heterocycles.